The molecule has 1 unspecified atom stereocenters. The van der Waals surface area contributed by atoms with E-state index >= 15 is 0 Å². The van der Waals surface area contributed by atoms with Crippen molar-refractivity contribution in [3.8, 4) is 5.69 Å². The maximum Gasteiger partial charge on any atom is 0.143 e. The van der Waals surface area contributed by atoms with Gasteiger partial charge in [0.1, 0.15) is 6.33 Å². The van der Waals surface area contributed by atoms with E-state index < -0.39 is 0 Å². The predicted molar refractivity (Wildman–Crippen MR) is 85.3 cm³/mol. The van der Waals surface area contributed by atoms with E-state index in [2.05, 4.69) is 46.1 Å². The van der Waals surface area contributed by atoms with Crippen LogP contribution in [0.25, 0.3) is 5.69 Å². The van der Waals surface area contributed by atoms with E-state index in [1.54, 1.807) is 22.3 Å². The molecule has 3 aromatic rings. The average Bonchev–Trinajstić information content (AvgIpc) is 3.12. The minimum atomic E-state index is 0.187. The molecule has 0 spiro atoms. The van der Waals surface area contributed by atoms with Gasteiger partial charge >= 0.3 is 0 Å². The molecule has 0 saturated heterocycles. The van der Waals surface area contributed by atoms with Crippen molar-refractivity contribution < 1.29 is 0 Å². The summed E-state index contributed by atoms with van der Waals surface area (Å²) in [6, 6.07) is 7.97. The maximum absolute atomic E-state index is 6.28. The van der Waals surface area contributed by atoms with Crippen LogP contribution in [0.2, 0.25) is 5.02 Å². The molecule has 21 heavy (non-hydrogen) atoms. The number of hydrogen-bond donors (Lipinski definition) is 1. The number of benzene rings is 1. The SMILES string of the molecule is Cc1ccsc1C(C)Nc1cc(-n2cnnn2)ccc1Cl. The van der Waals surface area contributed by atoms with Gasteiger partial charge in [-0.15, -0.1) is 16.4 Å². The van der Waals surface area contributed by atoms with Crippen LogP contribution < -0.4 is 5.32 Å². The number of hydrogen-bond acceptors (Lipinski definition) is 5. The van der Waals surface area contributed by atoms with E-state index in [9.17, 15) is 0 Å². The number of aromatic nitrogens is 4. The molecule has 2 heterocycles. The van der Waals surface area contributed by atoms with Crippen molar-refractivity contribution >= 4 is 28.6 Å². The van der Waals surface area contributed by atoms with Crippen LogP contribution in [0.5, 0.6) is 0 Å². The van der Waals surface area contributed by atoms with Gasteiger partial charge in [0, 0.05) is 4.88 Å². The Morgan fingerprint density at radius 2 is 2.19 bits per heavy atom. The van der Waals surface area contributed by atoms with Crippen molar-refractivity contribution in [1.82, 2.24) is 20.2 Å². The van der Waals surface area contributed by atoms with Gasteiger partial charge in [0.15, 0.2) is 0 Å². The first-order chi connectivity index (χ1) is 10.1. The van der Waals surface area contributed by atoms with Gasteiger partial charge in [-0.25, -0.2) is 4.68 Å². The Balaban J connectivity index is 1.88. The molecule has 5 nitrogen and oxygen atoms in total. The van der Waals surface area contributed by atoms with Gasteiger partial charge in [0.05, 0.1) is 22.4 Å². The van der Waals surface area contributed by atoms with Crippen LogP contribution in [-0.4, -0.2) is 20.2 Å². The Labute approximate surface area is 131 Å². The third-order valence-electron chi connectivity index (χ3n) is 3.23. The first-order valence-corrected chi connectivity index (χ1v) is 7.74. The largest absolute Gasteiger partial charge is 0.376 e. The zero-order chi connectivity index (χ0) is 14.8. The number of aryl methyl sites for hydroxylation is 1. The van der Waals surface area contributed by atoms with Gasteiger partial charge in [0.2, 0.25) is 0 Å². The molecule has 0 aliphatic heterocycles. The highest BCUT2D eigenvalue weighted by Crippen LogP contribution is 2.31. The van der Waals surface area contributed by atoms with Crippen LogP contribution in [-0.2, 0) is 0 Å². The van der Waals surface area contributed by atoms with Gasteiger partial charge < -0.3 is 5.32 Å². The molecule has 0 aliphatic carbocycles. The monoisotopic (exact) mass is 319 g/mol. The van der Waals surface area contributed by atoms with Gasteiger partial charge in [-0.1, -0.05) is 11.6 Å². The Morgan fingerprint density at radius 3 is 2.86 bits per heavy atom. The highest BCUT2D eigenvalue weighted by molar-refractivity contribution is 7.10. The lowest BCUT2D eigenvalue weighted by atomic mass is 10.1. The quantitative estimate of drug-likeness (QED) is 0.793. The van der Waals surface area contributed by atoms with Gasteiger partial charge in [-0.3, -0.25) is 0 Å². The van der Waals surface area contributed by atoms with Gasteiger partial charge in [-0.05, 0) is 59.5 Å². The Kier molecular flexibility index (Phi) is 3.90. The van der Waals surface area contributed by atoms with E-state index in [1.165, 1.54) is 10.4 Å². The first kappa shape index (κ1) is 14.0. The lowest BCUT2D eigenvalue weighted by molar-refractivity contribution is 0.788. The molecule has 0 bridgehead atoms. The Morgan fingerprint density at radius 1 is 1.33 bits per heavy atom. The number of nitrogens with zero attached hydrogens (tertiary/aromatic N) is 4. The number of anilines is 1. The zero-order valence-electron chi connectivity index (χ0n) is 11.6. The minimum Gasteiger partial charge on any atom is -0.376 e. The number of nitrogens with one attached hydrogen (secondary N) is 1. The van der Waals surface area contributed by atoms with Crippen LogP contribution in [0.1, 0.15) is 23.4 Å². The van der Waals surface area contributed by atoms with E-state index in [0.717, 1.165) is 11.4 Å². The highest BCUT2D eigenvalue weighted by Gasteiger charge is 2.12. The fourth-order valence-corrected chi connectivity index (χ4v) is 3.28. The maximum atomic E-state index is 6.28. The highest BCUT2D eigenvalue weighted by atomic mass is 35.5. The first-order valence-electron chi connectivity index (χ1n) is 6.48. The molecule has 108 valence electrons. The predicted octanol–water partition coefficient (Wildman–Crippen LogP) is 3.86. The molecule has 3 rings (SSSR count). The summed E-state index contributed by atoms with van der Waals surface area (Å²) < 4.78 is 1.60. The molecule has 0 radical (unpaired) electrons. The Bertz CT molecular complexity index is 738. The molecule has 0 aliphatic rings. The summed E-state index contributed by atoms with van der Waals surface area (Å²) in [6.07, 6.45) is 1.56. The van der Waals surface area contributed by atoms with Crippen molar-refractivity contribution in [2.45, 2.75) is 19.9 Å². The van der Waals surface area contributed by atoms with E-state index in [-0.39, 0.29) is 6.04 Å². The van der Waals surface area contributed by atoms with E-state index in [4.69, 9.17) is 11.6 Å². The third-order valence-corrected chi connectivity index (χ3v) is 4.76. The standard InChI is InChI=1S/C14H14ClN5S/c1-9-5-6-21-14(9)10(2)17-13-7-11(3-4-12(13)15)20-8-16-18-19-20/h3-8,10,17H,1-2H3. The normalized spacial score (nSPS) is 12.3. The third kappa shape index (κ3) is 2.91. The van der Waals surface area contributed by atoms with Crippen LogP contribution in [0, 0.1) is 6.92 Å². The fourth-order valence-electron chi connectivity index (χ4n) is 2.17. The van der Waals surface area contributed by atoms with E-state index in [1.807, 2.05) is 18.2 Å². The molecular weight excluding hydrogens is 306 g/mol. The summed E-state index contributed by atoms with van der Waals surface area (Å²) >= 11 is 8.02. The Hall–Kier alpha value is -1.92. The van der Waals surface area contributed by atoms with Crippen LogP contribution in [0.15, 0.2) is 36.0 Å². The second kappa shape index (κ2) is 5.83. The number of tetrazole rings is 1. The number of thiophene rings is 1. The average molecular weight is 320 g/mol. The second-order valence-electron chi connectivity index (χ2n) is 4.75. The zero-order valence-corrected chi connectivity index (χ0v) is 13.2. The summed E-state index contributed by atoms with van der Waals surface area (Å²) in [5.74, 6) is 0. The molecule has 1 N–H and O–H groups in total. The summed E-state index contributed by atoms with van der Waals surface area (Å²) in [5, 5.41) is 17.4. The van der Waals surface area contributed by atoms with Crippen molar-refractivity contribution in [1.29, 1.82) is 0 Å². The molecule has 0 saturated carbocycles. The molecular formula is C14H14ClN5S. The minimum absolute atomic E-state index is 0.187. The number of rotatable bonds is 4. The van der Waals surface area contributed by atoms with Crippen LogP contribution in [0.3, 0.4) is 0 Å². The molecule has 2 aromatic heterocycles. The summed E-state index contributed by atoms with van der Waals surface area (Å²) in [6.45, 7) is 4.24. The van der Waals surface area contributed by atoms with Crippen LogP contribution >= 0.6 is 22.9 Å². The van der Waals surface area contributed by atoms with Crippen LogP contribution in [0.4, 0.5) is 5.69 Å². The van der Waals surface area contributed by atoms with Crippen molar-refractivity contribution in [2.24, 2.45) is 0 Å². The topological polar surface area (TPSA) is 55.6 Å². The summed E-state index contributed by atoms with van der Waals surface area (Å²) in [4.78, 5) is 1.30. The van der Waals surface area contributed by atoms with E-state index in [0.29, 0.717) is 5.02 Å². The molecule has 0 amide bonds. The molecule has 7 heteroatoms. The van der Waals surface area contributed by atoms with Gasteiger partial charge in [-0.2, -0.15) is 0 Å². The molecule has 0 fully saturated rings. The fraction of sp³-hybridized carbons (Fsp3) is 0.214. The lowest BCUT2D eigenvalue weighted by Crippen LogP contribution is -2.07. The molecule has 1 aromatic carbocycles. The number of halogens is 1. The summed E-state index contributed by atoms with van der Waals surface area (Å²) in [5.41, 5.74) is 3.01. The van der Waals surface area contributed by atoms with Crippen molar-refractivity contribution in [2.75, 3.05) is 5.32 Å². The summed E-state index contributed by atoms with van der Waals surface area (Å²) in [7, 11) is 0. The second-order valence-corrected chi connectivity index (χ2v) is 6.11. The smallest absolute Gasteiger partial charge is 0.143 e. The molecule has 1 atom stereocenters. The lowest BCUT2D eigenvalue weighted by Gasteiger charge is -2.17. The van der Waals surface area contributed by atoms with Crippen molar-refractivity contribution in [3.63, 3.8) is 0 Å². The van der Waals surface area contributed by atoms with Gasteiger partial charge in [0.25, 0.3) is 0 Å². The van der Waals surface area contributed by atoms with Crippen molar-refractivity contribution in [3.05, 3.63) is 51.4 Å².